The molecule has 128 valence electrons. The highest BCUT2D eigenvalue weighted by Gasteiger charge is 2.30. The van der Waals surface area contributed by atoms with Gasteiger partial charge in [-0.05, 0) is 44.1 Å². The number of ketones is 1. The Balaban J connectivity index is 1.66. The van der Waals surface area contributed by atoms with E-state index in [4.69, 9.17) is 4.74 Å². The minimum absolute atomic E-state index is 0.0267. The summed E-state index contributed by atoms with van der Waals surface area (Å²) in [7, 11) is 2.03. The van der Waals surface area contributed by atoms with E-state index in [0.717, 1.165) is 47.2 Å². The molecule has 1 aliphatic heterocycles. The van der Waals surface area contributed by atoms with Crippen LogP contribution in [-0.4, -0.2) is 35.3 Å². The zero-order valence-corrected chi connectivity index (χ0v) is 14.4. The summed E-state index contributed by atoms with van der Waals surface area (Å²) in [5.74, 6) is 0.939. The van der Waals surface area contributed by atoms with Crippen LogP contribution in [0.2, 0.25) is 0 Å². The molecule has 0 radical (unpaired) electrons. The van der Waals surface area contributed by atoms with Gasteiger partial charge in [0.15, 0.2) is 5.78 Å². The molecule has 1 aromatic heterocycles. The predicted molar refractivity (Wildman–Crippen MR) is 99.1 cm³/mol. The third-order valence-corrected chi connectivity index (χ3v) is 4.99. The normalized spacial score (nSPS) is 17.9. The zero-order chi connectivity index (χ0) is 17.2. The summed E-state index contributed by atoms with van der Waals surface area (Å²) in [6.07, 6.45) is 3.83. The number of nitrogens with zero attached hydrogens (tertiary/aromatic N) is 1. The average molecular weight is 334 g/mol. The van der Waals surface area contributed by atoms with Gasteiger partial charge in [-0.1, -0.05) is 36.4 Å². The number of aromatic amines is 1. The number of hydrogen-bond donors (Lipinski definition) is 1. The molecule has 25 heavy (non-hydrogen) atoms. The molecule has 0 saturated carbocycles. The number of benzene rings is 2. The number of H-pyrrole nitrogens is 1. The lowest BCUT2D eigenvalue weighted by molar-refractivity contribution is 0.0892. The van der Waals surface area contributed by atoms with Crippen LogP contribution in [0.5, 0.6) is 5.75 Å². The Morgan fingerprint density at radius 2 is 2.04 bits per heavy atom. The van der Waals surface area contributed by atoms with Gasteiger partial charge in [0.2, 0.25) is 0 Å². The number of carbonyl (C=O) groups is 1. The molecule has 2 heterocycles. The molecule has 1 aliphatic rings. The van der Waals surface area contributed by atoms with Crippen molar-refractivity contribution >= 4 is 16.7 Å². The van der Waals surface area contributed by atoms with Crippen LogP contribution in [0.1, 0.15) is 28.8 Å². The van der Waals surface area contributed by atoms with Gasteiger partial charge >= 0.3 is 0 Å². The van der Waals surface area contributed by atoms with Gasteiger partial charge in [0.05, 0.1) is 11.4 Å². The van der Waals surface area contributed by atoms with E-state index in [9.17, 15) is 4.79 Å². The summed E-state index contributed by atoms with van der Waals surface area (Å²) >= 11 is 0. The van der Waals surface area contributed by atoms with Crippen LogP contribution in [0.15, 0.2) is 54.7 Å². The molecule has 1 fully saturated rings. The van der Waals surface area contributed by atoms with Crippen LogP contribution in [-0.2, 0) is 6.61 Å². The number of aromatic nitrogens is 1. The average Bonchev–Trinajstić information content (AvgIpc) is 3.27. The third kappa shape index (κ3) is 3.05. The van der Waals surface area contributed by atoms with Crippen LogP contribution < -0.4 is 4.74 Å². The van der Waals surface area contributed by atoms with Crippen LogP contribution in [0, 0.1) is 0 Å². The molecule has 4 heteroatoms. The summed E-state index contributed by atoms with van der Waals surface area (Å²) < 4.78 is 6.06. The molecule has 3 aromatic rings. The summed E-state index contributed by atoms with van der Waals surface area (Å²) in [6.45, 7) is 1.47. The van der Waals surface area contributed by atoms with Crippen molar-refractivity contribution in [2.45, 2.75) is 25.5 Å². The molecular weight excluding hydrogens is 312 g/mol. The minimum atomic E-state index is -0.0267. The number of nitrogens with one attached hydrogen (secondary N) is 1. The molecule has 1 N–H and O–H groups in total. The molecule has 0 amide bonds. The summed E-state index contributed by atoms with van der Waals surface area (Å²) in [5, 5.41) is 0.892. The van der Waals surface area contributed by atoms with Crippen molar-refractivity contribution in [1.82, 2.24) is 9.88 Å². The maximum absolute atomic E-state index is 13.0. The molecule has 1 atom stereocenters. The number of ether oxygens (including phenoxy) is 1. The Morgan fingerprint density at radius 3 is 2.80 bits per heavy atom. The van der Waals surface area contributed by atoms with Gasteiger partial charge in [-0.25, -0.2) is 0 Å². The fraction of sp³-hybridized carbons (Fsp3) is 0.286. The van der Waals surface area contributed by atoms with Gasteiger partial charge in [0.1, 0.15) is 12.4 Å². The van der Waals surface area contributed by atoms with Crippen molar-refractivity contribution in [3.8, 4) is 5.75 Å². The highest BCUT2D eigenvalue weighted by atomic mass is 16.5. The van der Waals surface area contributed by atoms with Crippen molar-refractivity contribution < 1.29 is 9.53 Å². The van der Waals surface area contributed by atoms with Gasteiger partial charge in [-0.3, -0.25) is 9.69 Å². The van der Waals surface area contributed by atoms with Crippen molar-refractivity contribution in [2.24, 2.45) is 0 Å². The van der Waals surface area contributed by atoms with Gasteiger partial charge in [-0.15, -0.1) is 0 Å². The Hall–Kier alpha value is -2.59. The van der Waals surface area contributed by atoms with E-state index < -0.39 is 0 Å². The third-order valence-electron chi connectivity index (χ3n) is 4.99. The van der Waals surface area contributed by atoms with E-state index in [-0.39, 0.29) is 11.8 Å². The van der Waals surface area contributed by atoms with Crippen molar-refractivity contribution in [2.75, 3.05) is 13.6 Å². The number of fused-ring (bicyclic) bond motifs is 1. The first-order valence-electron chi connectivity index (χ1n) is 8.75. The molecule has 0 unspecified atom stereocenters. The molecule has 1 saturated heterocycles. The van der Waals surface area contributed by atoms with E-state index in [0.29, 0.717) is 6.61 Å². The van der Waals surface area contributed by atoms with Crippen LogP contribution in [0.25, 0.3) is 10.9 Å². The SMILES string of the molecule is CN1CCC[C@H]1C(=O)c1c[nH]c2cccc(OCc3ccccc3)c12. The van der Waals surface area contributed by atoms with E-state index >= 15 is 0 Å². The van der Waals surface area contributed by atoms with Crippen LogP contribution >= 0.6 is 0 Å². The quantitative estimate of drug-likeness (QED) is 0.717. The molecule has 4 rings (SSSR count). The fourth-order valence-corrected chi connectivity index (χ4v) is 3.62. The monoisotopic (exact) mass is 334 g/mol. The van der Waals surface area contributed by atoms with Crippen molar-refractivity contribution in [1.29, 1.82) is 0 Å². The molecule has 0 spiro atoms. The number of carbonyl (C=O) groups excluding carboxylic acids is 1. The Kier molecular flexibility index (Phi) is 4.28. The van der Waals surface area contributed by atoms with Crippen LogP contribution in [0.3, 0.4) is 0 Å². The Bertz CT molecular complexity index is 885. The first kappa shape index (κ1) is 15.9. The van der Waals surface area contributed by atoms with Gasteiger partial charge in [0.25, 0.3) is 0 Å². The second-order valence-corrected chi connectivity index (χ2v) is 6.66. The number of Topliss-reactive ketones (excluding diaryl/α,β-unsaturated/α-hetero) is 1. The smallest absolute Gasteiger partial charge is 0.182 e. The lowest BCUT2D eigenvalue weighted by atomic mass is 10.0. The van der Waals surface area contributed by atoms with E-state index in [1.54, 1.807) is 0 Å². The number of rotatable bonds is 5. The van der Waals surface area contributed by atoms with Crippen molar-refractivity contribution in [3.05, 3.63) is 65.9 Å². The predicted octanol–water partition coefficient (Wildman–Crippen LogP) is 4.02. The number of likely N-dealkylation sites (N-methyl/N-ethyl adjacent to an activating group) is 1. The highest BCUT2D eigenvalue weighted by Crippen LogP contribution is 2.32. The molecular formula is C21H22N2O2. The van der Waals surface area contributed by atoms with Gasteiger partial charge in [-0.2, -0.15) is 0 Å². The number of hydrogen-bond acceptors (Lipinski definition) is 3. The largest absolute Gasteiger partial charge is 0.488 e. The fourth-order valence-electron chi connectivity index (χ4n) is 3.62. The zero-order valence-electron chi connectivity index (χ0n) is 14.4. The second kappa shape index (κ2) is 6.73. The first-order chi connectivity index (χ1) is 12.2. The second-order valence-electron chi connectivity index (χ2n) is 6.66. The maximum Gasteiger partial charge on any atom is 0.182 e. The van der Waals surface area contributed by atoms with E-state index in [1.807, 2.05) is 61.8 Å². The first-order valence-corrected chi connectivity index (χ1v) is 8.75. The summed E-state index contributed by atoms with van der Waals surface area (Å²) in [6, 6.07) is 15.9. The standard InChI is InChI=1S/C21H22N2O2/c1-23-12-6-10-18(23)21(24)16-13-22-17-9-5-11-19(20(16)17)25-14-15-7-3-2-4-8-15/h2-5,7-9,11,13,18,22H,6,10,12,14H2,1H3/t18-/m0/s1. The summed E-state index contributed by atoms with van der Waals surface area (Å²) in [5.41, 5.74) is 2.78. The minimum Gasteiger partial charge on any atom is -0.488 e. The number of likely N-dealkylation sites (tertiary alicyclic amines) is 1. The van der Waals surface area contributed by atoms with Gasteiger partial charge < -0.3 is 9.72 Å². The highest BCUT2D eigenvalue weighted by molar-refractivity contribution is 6.12. The molecule has 2 aromatic carbocycles. The van der Waals surface area contributed by atoms with E-state index in [2.05, 4.69) is 9.88 Å². The topological polar surface area (TPSA) is 45.3 Å². The van der Waals surface area contributed by atoms with Crippen molar-refractivity contribution in [3.63, 3.8) is 0 Å². The molecule has 0 aliphatic carbocycles. The molecule has 4 nitrogen and oxygen atoms in total. The Morgan fingerprint density at radius 1 is 1.20 bits per heavy atom. The van der Waals surface area contributed by atoms with E-state index in [1.165, 1.54) is 0 Å². The lowest BCUT2D eigenvalue weighted by Crippen LogP contribution is -2.32. The maximum atomic E-state index is 13.0. The van der Waals surface area contributed by atoms with Crippen LogP contribution in [0.4, 0.5) is 0 Å². The Labute approximate surface area is 147 Å². The molecule has 0 bridgehead atoms. The lowest BCUT2D eigenvalue weighted by Gasteiger charge is -2.18. The summed E-state index contributed by atoms with van der Waals surface area (Å²) in [4.78, 5) is 18.4. The van der Waals surface area contributed by atoms with Gasteiger partial charge in [0, 0.05) is 17.3 Å².